The SMILES string of the molecule is COCCN(CCNCc1sccc1C)CC(C)C. The van der Waals surface area contributed by atoms with Crippen molar-refractivity contribution in [3.05, 3.63) is 21.9 Å². The van der Waals surface area contributed by atoms with Gasteiger partial charge in [0, 0.05) is 44.7 Å². The Bertz CT molecular complexity index is 339. The summed E-state index contributed by atoms with van der Waals surface area (Å²) >= 11 is 1.84. The van der Waals surface area contributed by atoms with E-state index in [9.17, 15) is 0 Å². The van der Waals surface area contributed by atoms with Crippen LogP contribution in [0.5, 0.6) is 0 Å². The maximum atomic E-state index is 5.17. The number of ether oxygens (including phenoxy) is 1. The van der Waals surface area contributed by atoms with Crippen molar-refractivity contribution in [2.45, 2.75) is 27.3 Å². The average Bonchev–Trinajstić information content (AvgIpc) is 2.76. The Hall–Kier alpha value is -0.420. The zero-order chi connectivity index (χ0) is 14.1. The van der Waals surface area contributed by atoms with E-state index < -0.39 is 0 Å². The molecule has 0 atom stereocenters. The molecule has 0 spiro atoms. The summed E-state index contributed by atoms with van der Waals surface area (Å²) < 4.78 is 5.17. The van der Waals surface area contributed by atoms with Gasteiger partial charge in [-0.25, -0.2) is 0 Å². The molecule has 0 aliphatic carbocycles. The molecule has 0 fully saturated rings. The summed E-state index contributed by atoms with van der Waals surface area (Å²) in [4.78, 5) is 3.93. The fraction of sp³-hybridized carbons (Fsp3) is 0.733. The summed E-state index contributed by atoms with van der Waals surface area (Å²) in [5, 5.41) is 5.70. The van der Waals surface area contributed by atoms with Gasteiger partial charge in [-0.3, -0.25) is 4.90 Å². The van der Waals surface area contributed by atoms with Crippen LogP contribution in [0.1, 0.15) is 24.3 Å². The molecule has 0 aliphatic heterocycles. The third kappa shape index (κ3) is 7.06. The first-order valence-electron chi connectivity index (χ1n) is 7.08. The van der Waals surface area contributed by atoms with Crippen molar-refractivity contribution < 1.29 is 4.74 Å². The second-order valence-electron chi connectivity index (χ2n) is 5.39. The lowest BCUT2D eigenvalue weighted by molar-refractivity contribution is 0.140. The van der Waals surface area contributed by atoms with Crippen LogP contribution in [-0.4, -0.2) is 44.8 Å². The van der Waals surface area contributed by atoms with E-state index in [1.165, 1.54) is 10.4 Å². The number of thiophene rings is 1. The van der Waals surface area contributed by atoms with Crippen LogP contribution in [0.4, 0.5) is 0 Å². The predicted molar refractivity (Wildman–Crippen MR) is 83.9 cm³/mol. The summed E-state index contributed by atoms with van der Waals surface area (Å²) in [6, 6.07) is 2.19. The van der Waals surface area contributed by atoms with Crippen LogP contribution in [0.25, 0.3) is 0 Å². The molecular weight excluding hydrogens is 256 g/mol. The van der Waals surface area contributed by atoms with Gasteiger partial charge in [0.25, 0.3) is 0 Å². The lowest BCUT2D eigenvalue weighted by Gasteiger charge is -2.24. The normalized spacial score (nSPS) is 11.7. The minimum absolute atomic E-state index is 0.705. The highest BCUT2D eigenvalue weighted by Gasteiger charge is 2.07. The maximum absolute atomic E-state index is 5.17. The van der Waals surface area contributed by atoms with Crippen LogP contribution in [0, 0.1) is 12.8 Å². The third-order valence-electron chi connectivity index (χ3n) is 3.09. The molecule has 1 aromatic heterocycles. The largest absolute Gasteiger partial charge is 0.383 e. The van der Waals surface area contributed by atoms with Crippen molar-refractivity contribution in [3.63, 3.8) is 0 Å². The molecule has 1 rings (SSSR count). The number of hydrogen-bond acceptors (Lipinski definition) is 4. The van der Waals surface area contributed by atoms with Gasteiger partial charge < -0.3 is 10.1 Å². The van der Waals surface area contributed by atoms with Gasteiger partial charge in [-0.05, 0) is 29.9 Å². The monoisotopic (exact) mass is 284 g/mol. The highest BCUT2D eigenvalue weighted by molar-refractivity contribution is 7.10. The Morgan fingerprint density at radius 3 is 2.74 bits per heavy atom. The topological polar surface area (TPSA) is 24.5 Å². The van der Waals surface area contributed by atoms with Crippen LogP contribution in [0.15, 0.2) is 11.4 Å². The van der Waals surface area contributed by atoms with E-state index in [0.717, 1.165) is 39.3 Å². The number of hydrogen-bond donors (Lipinski definition) is 1. The van der Waals surface area contributed by atoms with E-state index in [1.807, 2.05) is 11.3 Å². The molecule has 0 aliphatic rings. The highest BCUT2D eigenvalue weighted by Crippen LogP contribution is 2.14. The summed E-state index contributed by atoms with van der Waals surface area (Å²) in [5.41, 5.74) is 1.40. The van der Waals surface area contributed by atoms with Crippen LogP contribution < -0.4 is 5.32 Å². The Labute approximate surface area is 122 Å². The molecule has 0 radical (unpaired) electrons. The standard InChI is InChI=1S/C15H28N2OS/c1-13(2)12-17(8-9-18-4)7-6-16-11-15-14(3)5-10-19-15/h5,10,13,16H,6-9,11-12H2,1-4H3. The number of methoxy groups -OCH3 is 1. The van der Waals surface area contributed by atoms with Crippen molar-refractivity contribution >= 4 is 11.3 Å². The summed E-state index contributed by atoms with van der Waals surface area (Å²) in [6.45, 7) is 12.8. The van der Waals surface area contributed by atoms with Crippen LogP contribution >= 0.6 is 11.3 Å². The number of aryl methyl sites for hydroxylation is 1. The number of rotatable bonds is 10. The van der Waals surface area contributed by atoms with Gasteiger partial charge in [-0.2, -0.15) is 0 Å². The van der Waals surface area contributed by atoms with E-state index in [2.05, 4.69) is 42.4 Å². The van der Waals surface area contributed by atoms with Crippen molar-refractivity contribution in [1.29, 1.82) is 0 Å². The van der Waals surface area contributed by atoms with Crippen molar-refractivity contribution in [2.75, 3.05) is 39.9 Å². The lowest BCUT2D eigenvalue weighted by atomic mass is 10.2. The second kappa shape index (κ2) is 9.48. The quantitative estimate of drug-likeness (QED) is 0.669. The summed E-state index contributed by atoms with van der Waals surface area (Å²) in [7, 11) is 1.77. The minimum atomic E-state index is 0.705. The molecule has 0 amide bonds. The first-order valence-corrected chi connectivity index (χ1v) is 7.96. The maximum Gasteiger partial charge on any atom is 0.0589 e. The van der Waals surface area contributed by atoms with Crippen LogP contribution in [-0.2, 0) is 11.3 Å². The Kier molecular flexibility index (Phi) is 8.30. The Morgan fingerprint density at radius 2 is 2.16 bits per heavy atom. The molecule has 1 N–H and O–H groups in total. The molecule has 0 saturated carbocycles. The zero-order valence-electron chi connectivity index (χ0n) is 12.7. The van der Waals surface area contributed by atoms with E-state index in [0.29, 0.717) is 5.92 Å². The first kappa shape index (κ1) is 16.6. The Morgan fingerprint density at radius 1 is 1.37 bits per heavy atom. The molecule has 0 bridgehead atoms. The minimum Gasteiger partial charge on any atom is -0.383 e. The van der Waals surface area contributed by atoms with E-state index in [4.69, 9.17) is 4.74 Å². The zero-order valence-corrected chi connectivity index (χ0v) is 13.6. The summed E-state index contributed by atoms with van der Waals surface area (Å²) in [5.74, 6) is 0.705. The number of nitrogens with one attached hydrogen (secondary N) is 1. The van der Waals surface area contributed by atoms with Gasteiger partial charge in [0.1, 0.15) is 0 Å². The fourth-order valence-electron chi connectivity index (χ4n) is 2.06. The average molecular weight is 284 g/mol. The molecule has 0 unspecified atom stereocenters. The predicted octanol–water partition coefficient (Wildman–Crippen LogP) is 2.75. The number of nitrogens with zero attached hydrogens (tertiary/aromatic N) is 1. The van der Waals surface area contributed by atoms with Gasteiger partial charge in [-0.15, -0.1) is 11.3 Å². The molecule has 0 aromatic carbocycles. The van der Waals surface area contributed by atoms with E-state index in [-0.39, 0.29) is 0 Å². The van der Waals surface area contributed by atoms with Gasteiger partial charge in [0.2, 0.25) is 0 Å². The fourth-order valence-corrected chi connectivity index (χ4v) is 2.93. The second-order valence-corrected chi connectivity index (χ2v) is 6.39. The van der Waals surface area contributed by atoms with Gasteiger partial charge in [0.15, 0.2) is 0 Å². The van der Waals surface area contributed by atoms with Crippen molar-refractivity contribution in [3.8, 4) is 0 Å². The van der Waals surface area contributed by atoms with Crippen LogP contribution in [0.2, 0.25) is 0 Å². The highest BCUT2D eigenvalue weighted by atomic mass is 32.1. The molecular formula is C15H28N2OS. The van der Waals surface area contributed by atoms with Crippen LogP contribution in [0.3, 0.4) is 0 Å². The molecule has 110 valence electrons. The molecule has 1 aromatic rings. The third-order valence-corrected chi connectivity index (χ3v) is 4.12. The van der Waals surface area contributed by atoms with Gasteiger partial charge in [-0.1, -0.05) is 13.8 Å². The smallest absolute Gasteiger partial charge is 0.0589 e. The van der Waals surface area contributed by atoms with E-state index >= 15 is 0 Å². The van der Waals surface area contributed by atoms with Gasteiger partial charge in [0.05, 0.1) is 6.61 Å². The molecule has 19 heavy (non-hydrogen) atoms. The van der Waals surface area contributed by atoms with E-state index in [1.54, 1.807) is 7.11 Å². The summed E-state index contributed by atoms with van der Waals surface area (Å²) in [6.07, 6.45) is 0. The molecule has 1 heterocycles. The first-order chi connectivity index (χ1) is 9.13. The van der Waals surface area contributed by atoms with Gasteiger partial charge >= 0.3 is 0 Å². The molecule has 0 saturated heterocycles. The molecule has 4 heteroatoms. The van der Waals surface area contributed by atoms with Crippen molar-refractivity contribution in [1.82, 2.24) is 10.2 Å². The molecule has 3 nitrogen and oxygen atoms in total. The van der Waals surface area contributed by atoms with Crippen molar-refractivity contribution in [2.24, 2.45) is 5.92 Å². The Balaban J connectivity index is 2.21. The lowest BCUT2D eigenvalue weighted by Crippen LogP contribution is -2.36.